The topological polar surface area (TPSA) is 62.8 Å². The molecule has 1 aromatic carbocycles. The molecule has 1 aromatic rings. The lowest BCUT2D eigenvalue weighted by atomic mass is 9.88. The third-order valence-corrected chi connectivity index (χ3v) is 4.04. The molecule has 1 aliphatic heterocycles. The van der Waals surface area contributed by atoms with Gasteiger partial charge in [0.2, 0.25) is 0 Å². The predicted octanol–water partition coefficient (Wildman–Crippen LogP) is 3.06. The molecule has 110 valence electrons. The van der Waals surface area contributed by atoms with E-state index in [1.54, 1.807) is 0 Å². The molecule has 4 nitrogen and oxygen atoms in total. The molecular formula is C17H22N4. The maximum absolute atomic E-state index is 5.90. The second kappa shape index (κ2) is 6.12. The predicted molar refractivity (Wildman–Crippen MR) is 87.3 cm³/mol. The van der Waals surface area contributed by atoms with Crippen molar-refractivity contribution in [3.05, 3.63) is 47.2 Å². The van der Waals surface area contributed by atoms with Crippen LogP contribution < -0.4 is 11.1 Å². The molecule has 4 heteroatoms. The number of nitrogens with zero attached hydrogens (tertiary/aromatic N) is 2. The molecule has 0 bridgehead atoms. The number of nitrogens with two attached hydrogens (primary N) is 1. The Kier molecular flexibility index (Phi) is 4.04. The van der Waals surface area contributed by atoms with E-state index in [-0.39, 0.29) is 6.04 Å². The van der Waals surface area contributed by atoms with Gasteiger partial charge in [0.25, 0.3) is 0 Å². The average Bonchev–Trinajstić information content (AvgIpc) is 2.45. The number of rotatable bonds is 1. The molecule has 0 saturated carbocycles. The summed E-state index contributed by atoms with van der Waals surface area (Å²) in [5, 5.41) is 3.08. The van der Waals surface area contributed by atoms with E-state index in [1.165, 1.54) is 17.5 Å². The highest BCUT2D eigenvalue weighted by Gasteiger charge is 2.19. The largest absolute Gasteiger partial charge is 0.369 e. The SMILES string of the molecule is C/C1=C/CCC(=NC2CCCc3ccccc32)N=C(N)N1. The first kappa shape index (κ1) is 13.9. The molecule has 1 aliphatic carbocycles. The first-order valence-corrected chi connectivity index (χ1v) is 7.65. The van der Waals surface area contributed by atoms with Crippen molar-refractivity contribution in [1.82, 2.24) is 5.32 Å². The maximum Gasteiger partial charge on any atom is 0.199 e. The van der Waals surface area contributed by atoms with Gasteiger partial charge in [-0.15, -0.1) is 0 Å². The monoisotopic (exact) mass is 282 g/mol. The number of hydrogen-bond donors (Lipinski definition) is 2. The van der Waals surface area contributed by atoms with E-state index in [2.05, 4.69) is 40.7 Å². The molecular weight excluding hydrogens is 260 g/mol. The maximum atomic E-state index is 5.90. The van der Waals surface area contributed by atoms with Crippen LogP contribution in [0.15, 0.2) is 46.0 Å². The standard InChI is InChI=1S/C17H22N4/c1-12-6-4-11-16(21-17(18)19-12)20-15-10-5-8-13-7-2-3-9-14(13)15/h2-3,6-7,9,15H,4-5,8,10-11H2,1H3,(H3,18,19,20,21)/b12-6-. The third-order valence-electron chi connectivity index (χ3n) is 4.04. The molecule has 21 heavy (non-hydrogen) atoms. The van der Waals surface area contributed by atoms with Gasteiger partial charge in [0, 0.05) is 12.1 Å². The van der Waals surface area contributed by atoms with Crippen LogP contribution in [0.4, 0.5) is 0 Å². The van der Waals surface area contributed by atoms with Gasteiger partial charge >= 0.3 is 0 Å². The van der Waals surface area contributed by atoms with Crippen molar-refractivity contribution in [2.24, 2.45) is 15.7 Å². The van der Waals surface area contributed by atoms with Crippen molar-refractivity contribution in [1.29, 1.82) is 0 Å². The van der Waals surface area contributed by atoms with Crippen LogP contribution in [-0.4, -0.2) is 11.8 Å². The summed E-state index contributed by atoms with van der Waals surface area (Å²) in [6.45, 7) is 2.00. The van der Waals surface area contributed by atoms with Crippen molar-refractivity contribution in [2.45, 2.75) is 45.1 Å². The molecule has 0 amide bonds. The first-order chi connectivity index (χ1) is 10.2. The molecule has 3 N–H and O–H groups in total. The highest BCUT2D eigenvalue weighted by molar-refractivity contribution is 5.96. The zero-order chi connectivity index (χ0) is 14.7. The van der Waals surface area contributed by atoms with Gasteiger partial charge in [-0.1, -0.05) is 30.3 Å². The summed E-state index contributed by atoms with van der Waals surface area (Å²) in [6.07, 6.45) is 7.38. The zero-order valence-corrected chi connectivity index (χ0v) is 12.5. The minimum Gasteiger partial charge on any atom is -0.369 e. The summed E-state index contributed by atoms with van der Waals surface area (Å²) in [6, 6.07) is 8.84. The molecule has 0 radical (unpaired) electrons. The van der Waals surface area contributed by atoms with Crippen molar-refractivity contribution < 1.29 is 0 Å². The normalized spacial score (nSPS) is 26.7. The van der Waals surface area contributed by atoms with Crippen molar-refractivity contribution >= 4 is 11.8 Å². The molecule has 0 spiro atoms. The van der Waals surface area contributed by atoms with E-state index in [1.807, 2.05) is 6.92 Å². The van der Waals surface area contributed by atoms with E-state index >= 15 is 0 Å². The van der Waals surface area contributed by atoms with Gasteiger partial charge in [0.1, 0.15) is 5.84 Å². The van der Waals surface area contributed by atoms with Crippen LogP contribution in [0, 0.1) is 0 Å². The Balaban J connectivity index is 1.87. The van der Waals surface area contributed by atoms with Crippen molar-refractivity contribution in [2.75, 3.05) is 0 Å². The highest BCUT2D eigenvalue weighted by Crippen LogP contribution is 2.32. The van der Waals surface area contributed by atoms with Crippen LogP contribution >= 0.6 is 0 Å². The quantitative estimate of drug-likeness (QED) is 0.831. The summed E-state index contributed by atoms with van der Waals surface area (Å²) < 4.78 is 0. The molecule has 3 rings (SSSR count). The second-order valence-electron chi connectivity index (χ2n) is 5.70. The molecule has 0 aromatic heterocycles. The van der Waals surface area contributed by atoms with Crippen LogP contribution in [0.5, 0.6) is 0 Å². The van der Waals surface area contributed by atoms with Crippen LogP contribution in [0.2, 0.25) is 0 Å². The Morgan fingerprint density at radius 2 is 2.14 bits per heavy atom. The molecule has 0 saturated heterocycles. The minimum absolute atomic E-state index is 0.228. The summed E-state index contributed by atoms with van der Waals surface area (Å²) in [5.74, 6) is 1.29. The van der Waals surface area contributed by atoms with Crippen LogP contribution in [0.1, 0.15) is 49.8 Å². The number of allylic oxidation sites excluding steroid dienone is 2. The number of guanidine groups is 1. The number of hydrogen-bond acceptors (Lipinski definition) is 3. The van der Waals surface area contributed by atoms with Crippen molar-refractivity contribution in [3.63, 3.8) is 0 Å². The Morgan fingerprint density at radius 1 is 1.29 bits per heavy atom. The molecule has 0 fully saturated rings. The second-order valence-corrected chi connectivity index (χ2v) is 5.70. The lowest BCUT2D eigenvalue weighted by Gasteiger charge is -2.23. The van der Waals surface area contributed by atoms with Gasteiger partial charge < -0.3 is 11.1 Å². The highest BCUT2D eigenvalue weighted by atomic mass is 15.1. The first-order valence-electron chi connectivity index (χ1n) is 7.65. The van der Waals surface area contributed by atoms with E-state index in [4.69, 9.17) is 10.7 Å². The Hall–Kier alpha value is -2.10. The summed E-state index contributed by atoms with van der Waals surface area (Å²) in [5.41, 5.74) is 9.74. The number of amidine groups is 1. The van der Waals surface area contributed by atoms with Crippen LogP contribution in [0.3, 0.4) is 0 Å². The minimum atomic E-state index is 0.228. The fourth-order valence-electron chi connectivity index (χ4n) is 3.03. The number of benzene rings is 1. The summed E-state index contributed by atoms with van der Waals surface area (Å²) in [7, 11) is 0. The number of nitrogens with one attached hydrogen (secondary N) is 1. The molecule has 1 atom stereocenters. The smallest absolute Gasteiger partial charge is 0.199 e. The average molecular weight is 282 g/mol. The van der Waals surface area contributed by atoms with Gasteiger partial charge in [-0.25, -0.2) is 4.99 Å². The Morgan fingerprint density at radius 3 is 3.05 bits per heavy atom. The van der Waals surface area contributed by atoms with Crippen LogP contribution in [0.25, 0.3) is 0 Å². The van der Waals surface area contributed by atoms with Gasteiger partial charge in [-0.2, -0.15) is 0 Å². The van der Waals surface area contributed by atoms with Gasteiger partial charge in [-0.05, 0) is 43.7 Å². The lowest BCUT2D eigenvalue weighted by Crippen LogP contribution is -2.32. The molecule has 2 aliphatic rings. The number of aryl methyl sites for hydroxylation is 1. The fraction of sp³-hybridized carbons (Fsp3) is 0.412. The fourth-order valence-corrected chi connectivity index (χ4v) is 3.03. The van der Waals surface area contributed by atoms with E-state index in [9.17, 15) is 0 Å². The zero-order valence-electron chi connectivity index (χ0n) is 12.5. The van der Waals surface area contributed by atoms with Crippen LogP contribution in [-0.2, 0) is 6.42 Å². The number of aliphatic imine (C=N–C) groups is 2. The van der Waals surface area contributed by atoms with Gasteiger partial charge in [0.15, 0.2) is 5.96 Å². The van der Waals surface area contributed by atoms with E-state index in [0.717, 1.165) is 37.2 Å². The number of fused-ring (bicyclic) bond motifs is 1. The van der Waals surface area contributed by atoms with E-state index in [0.29, 0.717) is 5.96 Å². The van der Waals surface area contributed by atoms with E-state index < -0.39 is 0 Å². The lowest BCUT2D eigenvalue weighted by molar-refractivity contribution is 0.571. The third kappa shape index (κ3) is 3.32. The van der Waals surface area contributed by atoms with Gasteiger partial charge in [-0.3, -0.25) is 4.99 Å². The molecule has 1 heterocycles. The molecule has 1 unspecified atom stereocenters. The van der Waals surface area contributed by atoms with Crippen molar-refractivity contribution in [3.8, 4) is 0 Å². The summed E-state index contributed by atoms with van der Waals surface area (Å²) in [4.78, 5) is 9.34. The van der Waals surface area contributed by atoms with Gasteiger partial charge in [0.05, 0.1) is 6.04 Å². The summed E-state index contributed by atoms with van der Waals surface area (Å²) >= 11 is 0. The Bertz CT molecular complexity index is 613. The Labute approximate surface area is 125 Å².